The number of hydrogen-bond donors (Lipinski definition) is 0. The van der Waals surface area contributed by atoms with E-state index in [9.17, 15) is 0 Å². The lowest BCUT2D eigenvalue weighted by Gasteiger charge is -2.23. The molecule has 0 bridgehead atoms. The van der Waals surface area contributed by atoms with Crippen LogP contribution in [0.4, 0.5) is 0 Å². The molecule has 0 atom stereocenters. The van der Waals surface area contributed by atoms with Crippen LogP contribution in [-0.4, -0.2) is 0 Å². The molecule has 0 amide bonds. The maximum atomic E-state index is 2.43. The molecule has 28 heavy (non-hydrogen) atoms. The smallest absolute Gasteiger partial charge is 0.0159 e. The number of fused-ring (bicyclic) bond motifs is 4. The van der Waals surface area contributed by atoms with Gasteiger partial charge in [-0.05, 0) is 61.7 Å². The van der Waals surface area contributed by atoms with E-state index in [-0.39, 0.29) is 5.41 Å². The summed E-state index contributed by atoms with van der Waals surface area (Å²) < 4.78 is 0. The van der Waals surface area contributed by atoms with Crippen LogP contribution in [-0.2, 0) is 5.41 Å². The van der Waals surface area contributed by atoms with E-state index in [1.165, 1.54) is 49.7 Å². The molecule has 4 aromatic rings. The Labute approximate surface area is 167 Å². The molecule has 0 aliphatic heterocycles. The zero-order valence-electron chi connectivity index (χ0n) is 17.1. The number of hydrogen-bond acceptors (Lipinski definition) is 0. The van der Waals surface area contributed by atoms with Crippen molar-refractivity contribution in [2.45, 2.75) is 39.0 Å². The Bertz CT molecular complexity index is 1200. The van der Waals surface area contributed by atoms with Gasteiger partial charge in [0.2, 0.25) is 0 Å². The van der Waals surface area contributed by atoms with Crippen molar-refractivity contribution in [3.05, 3.63) is 95.6 Å². The summed E-state index contributed by atoms with van der Waals surface area (Å²) in [7, 11) is 0. The Hall–Kier alpha value is -2.86. The molecule has 1 aliphatic carbocycles. The summed E-state index contributed by atoms with van der Waals surface area (Å²) in [5, 5.41) is 2.62. The average Bonchev–Trinajstić information content (AvgIpc) is 2.94. The molecule has 0 saturated heterocycles. The first-order valence-electron chi connectivity index (χ1n) is 10.2. The van der Waals surface area contributed by atoms with Crippen LogP contribution in [0.2, 0.25) is 0 Å². The molecular weight excluding hydrogens is 336 g/mol. The predicted molar refractivity (Wildman–Crippen MR) is 121 cm³/mol. The Morgan fingerprint density at radius 3 is 2.11 bits per heavy atom. The Morgan fingerprint density at radius 1 is 0.643 bits per heavy atom. The molecule has 5 rings (SSSR count). The molecule has 0 unspecified atom stereocenters. The van der Waals surface area contributed by atoms with Crippen molar-refractivity contribution >= 4 is 10.8 Å². The van der Waals surface area contributed by atoms with Crippen molar-refractivity contribution < 1.29 is 0 Å². The van der Waals surface area contributed by atoms with Crippen molar-refractivity contribution in [1.29, 1.82) is 0 Å². The van der Waals surface area contributed by atoms with Crippen LogP contribution in [0.15, 0.2) is 78.9 Å². The highest BCUT2D eigenvalue weighted by molar-refractivity contribution is 5.97. The monoisotopic (exact) mass is 362 g/mol. The minimum atomic E-state index is 0.0240. The summed E-state index contributed by atoms with van der Waals surface area (Å²) in [4.78, 5) is 0. The van der Waals surface area contributed by atoms with Gasteiger partial charge >= 0.3 is 0 Å². The molecule has 4 aromatic carbocycles. The molecule has 0 fully saturated rings. The van der Waals surface area contributed by atoms with Gasteiger partial charge in [-0.15, -0.1) is 0 Å². The van der Waals surface area contributed by atoms with Gasteiger partial charge in [-0.25, -0.2) is 0 Å². The normalized spacial score (nSPS) is 14.3. The summed E-state index contributed by atoms with van der Waals surface area (Å²) >= 11 is 0. The van der Waals surface area contributed by atoms with Gasteiger partial charge in [-0.3, -0.25) is 0 Å². The molecule has 0 aromatic heterocycles. The van der Waals surface area contributed by atoms with E-state index >= 15 is 0 Å². The molecule has 0 radical (unpaired) electrons. The Morgan fingerprint density at radius 2 is 1.32 bits per heavy atom. The van der Waals surface area contributed by atoms with Crippen LogP contribution >= 0.6 is 0 Å². The first-order chi connectivity index (χ1) is 13.5. The number of rotatable bonds is 2. The van der Waals surface area contributed by atoms with Gasteiger partial charge in [0.05, 0.1) is 0 Å². The second kappa shape index (κ2) is 6.07. The number of benzene rings is 4. The van der Waals surface area contributed by atoms with Gasteiger partial charge in [0.1, 0.15) is 0 Å². The van der Waals surface area contributed by atoms with Crippen molar-refractivity contribution in [3.63, 3.8) is 0 Å². The lowest BCUT2D eigenvalue weighted by molar-refractivity contribution is 0.658. The first kappa shape index (κ1) is 17.3. The molecular formula is C28H26. The third-order valence-corrected chi connectivity index (χ3v) is 6.47. The van der Waals surface area contributed by atoms with Gasteiger partial charge in [0.15, 0.2) is 0 Å². The SMILES string of the molecule is CC(C)c1ccc2c(c1)C(C)(C)c1cc(-c3cccc4ccccc34)ccc1-2. The van der Waals surface area contributed by atoms with Gasteiger partial charge < -0.3 is 0 Å². The van der Waals surface area contributed by atoms with Gasteiger partial charge in [-0.1, -0.05) is 100 Å². The van der Waals surface area contributed by atoms with Crippen molar-refractivity contribution in [2.75, 3.05) is 0 Å². The first-order valence-corrected chi connectivity index (χ1v) is 10.2. The molecule has 0 spiro atoms. The highest BCUT2D eigenvalue weighted by atomic mass is 14.4. The van der Waals surface area contributed by atoms with Gasteiger partial charge in [0.25, 0.3) is 0 Å². The molecule has 138 valence electrons. The highest BCUT2D eigenvalue weighted by Crippen LogP contribution is 2.50. The van der Waals surface area contributed by atoms with E-state index in [2.05, 4.69) is 107 Å². The summed E-state index contributed by atoms with van der Waals surface area (Å²) in [5.41, 5.74) is 9.76. The quantitative estimate of drug-likeness (QED) is 0.339. The largest absolute Gasteiger partial charge is 0.0616 e. The summed E-state index contributed by atoms with van der Waals surface area (Å²) in [6.45, 7) is 9.29. The fourth-order valence-electron chi connectivity index (χ4n) is 4.76. The average molecular weight is 363 g/mol. The van der Waals surface area contributed by atoms with Crippen LogP contribution in [0.5, 0.6) is 0 Å². The summed E-state index contributed by atoms with van der Waals surface area (Å²) in [6.07, 6.45) is 0. The Balaban J connectivity index is 1.70. The van der Waals surface area contributed by atoms with E-state index in [0.29, 0.717) is 5.92 Å². The standard InChI is InChI=1S/C28H26/c1-18(2)20-12-14-24-25-15-13-21(17-27(25)28(3,4)26(24)16-20)23-11-7-9-19-8-5-6-10-22(19)23/h5-18H,1-4H3. The van der Waals surface area contributed by atoms with E-state index in [1.54, 1.807) is 0 Å². The molecule has 1 aliphatic rings. The third-order valence-electron chi connectivity index (χ3n) is 6.47. The van der Waals surface area contributed by atoms with Crippen molar-refractivity contribution in [3.8, 4) is 22.3 Å². The van der Waals surface area contributed by atoms with Crippen molar-refractivity contribution in [1.82, 2.24) is 0 Å². The maximum absolute atomic E-state index is 2.43. The second-order valence-corrected chi connectivity index (χ2v) is 8.87. The van der Waals surface area contributed by atoms with Crippen LogP contribution in [0.25, 0.3) is 33.0 Å². The lowest BCUT2D eigenvalue weighted by Crippen LogP contribution is -2.15. The summed E-state index contributed by atoms with van der Waals surface area (Å²) in [6, 6.07) is 29.4. The minimum Gasteiger partial charge on any atom is -0.0616 e. The van der Waals surface area contributed by atoms with E-state index in [1.807, 2.05) is 0 Å². The zero-order valence-corrected chi connectivity index (χ0v) is 17.1. The molecule has 0 heterocycles. The van der Waals surface area contributed by atoms with E-state index < -0.39 is 0 Å². The van der Waals surface area contributed by atoms with Crippen LogP contribution in [0, 0.1) is 0 Å². The minimum absolute atomic E-state index is 0.0240. The lowest BCUT2D eigenvalue weighted by atomic mass is 9.80. The fraction of sp³-hybridized carbons (Fsp3) is 0.214. The Kier molecular flexibility index (Phi) is 3.74. The second-order valence-electron chi connectivity index (χ2n) is 8.87. The zero-order chi connectivity index (χ0) is 19.5. The molecule has 0 nitrogen and oxygen atoms in total. The van der Waals surface area contributed by atoms with E-state index in [0.717, 1.165) is 0 Å². The summed E-state index contributed by atoms with van der Waals surface area (Å²) in [5.74, 6) is 0.552. The molecule has 0 N–H and O–H groups in total. The maximum Gasteiger partial charge on any atom is 0.0159 e. The molecule has 0 saturated carbocycles. The van der Waals surface area contributed by atoms with Gasteiger partial charge in [-0.2, -0.15) is 0 Å². The fourth-order valence-corrected chi connectivity index (χ4v) is 4.76. The van der Waals surface area contributed by atoms with E-state index in [4.69, 9.17) is 0 Å². The molecule has 0 heteroatoms. The van der Waals surface area contributed by atoms with Gasteiger partial charge in [0, 0.05) is 5.41 Å². The van der Waals surface area contributed by atoms with Crippen LogP contribution in [0.3, 0.4) is 0 Å². The van der Waals surface area contributed by atoms with Crippen molar-refractivity contribution in [2.24, 2.45) is 0 Å². The predicted octanol–water partition coefficient (Wildman–Crippen LogP) is 7.94. The van der Waals surface area contributed by atoms with Crippen LogP contribution < -0.4 is 0 Å². The third kappa shape index (κ3) is 2.44. The topological polar surface area (TPSA) is 0 Å². The van der Waals surface area contributed by atoms with Crippen LogP contribution in [0.1, 0.15) is 50.3 Å². The highest BCUT2D eigenvalue weighted by Gasteiger charge is 2.35.